The molecule has 3 aromatic rings. The van der Waals surface area contributed by atoms with Crippen LogP contribution in [0.1, 0.15) is 12.8 Å². The van der Waals surface area contributed by atoms with E-state index in [0.29, 0.717) is 12.5 Å². The number of rotatable bonds is 6. The Bertz CT molecular complexity index is 1150. The van der Waals surface area contributed by atoms with Gasteiger partial charge in [-0.2, -0.15) is 9.97 Å². The lowest BCUT2D eigenvalue weighted by Crippen LogP contribution is -2.44. The van der Waals surface area contributed by atoms with Gasteiger partial charge in [0.15, 0.2) is 0 Å². The number of amides is 1. The van der Waals surface area contributed by atoms with Gasteiger partial charge in [0.05, 0.1) is 5.39 Å². The summed E-state index contributed by atoms with van der Waals surface area (Å²) in [6.07, 6.45) is 5.18. The molecule has 0 saturated carbocycles. The van der Waals surface area contributed by atoms with Crippen LogP contribution in [0.2, 0.25) is 0 Å². The lowest BCUT2D eigenvalue weighted by atomic mass is 10.1. The van der Waals surface area contributed by atoms with Crippen molar-refractivity contribution in [2.45, 2.75) is 18.9 Å². The molecular formula is C25H32N8O. The van der Waals surface area contributed by atoms with Gasteiger partial charge in [0.1, 0.15) is 11.5 Å². The summed E-state index contributed by atoms with van der Waals surface area (Å²) in [6.45, 7) is 9.27. The summed E-state index contributed by atoms with van der Waals surface area (Å²) in [4.78, 5) is 31.3. The van der Waals surface area contributed by atoms with Gasteiger partial charge in [0, 0.05) is 62.9 Å². The van der Waals surface area contributed by atoms with E-state index in [-0.39, 0.29) is 11.9 Å². The molecule has 5 rings (SSSR count). The van der Waals surface area contributed by atoms with Crippen molar-refractivity contribution in [3.8, 4) is 0 Å². The number of nitrogens with one attached hydrogen (secondary N) is 3. The van der Waals surface area contributed by atoms with Crippen molar-refractivity contribution in [3.63, 3.8) is 0 Å². The Morgan fingerprint density at radius 2 is 1.91 bits per heavy atom. The second-order valence-electron chi connectivity index (χ2n) is 9.07. The Hall–Kier alpha value is -3.59. The molecule has 0 bridgehead atoms. The summed E-state index contributed by atoms with van der Waals surface area (Å²) < 4.78 is 0. The maximum absolute atomic E-state index is 12.1. The number of aromatic nitrogens is 3. The number of likely N-dealkylation sites (tertiary alicyclic amines) is 1. The van der Waals surface area contributed by atoms with E-state index in [1.54, 1.807) is 0 Å². The molecule has 178 valence electrons. The highest BCUT2D eigenvalue weighted by molar-refractivity contribution is 5.89. The van der Waals surface area contributed by atoms with Crippen LogP contribution < -0.4 is 15.5 Å². The van der Waals surface area contributed by atoms with Crippen LogP contribution in [-0.4, -0.2) is 83.0 Å². The minimum absolute atomic E-state index is 0.0247. The Morgan fingerprint density at radius 3 is 2.68 bits per heavy atom. The van der Waals surface area contributed by atoms with Gasteiger partial charge in [-0.05, 0) is 56.3 Å². The van der Waals surface area contributed by atoms with Crippen molar-refractivity contribution in [2.75, 3.05) is 61.8 Å². The summed E-state index contributed by atoms with van der Waals surface area (Å²) in [5.74, 6) is 1.27. The van der Waals surface area contributed by atoms with E-state index in [1.165, 1.54) is 11.8 Å². The van der Waals surface area contributed by atoms with Crippen molar-refractivity contribution < 1.29 is 4.79 Å². The normalized spacial score (nSPS) is 19.3. The predicted molar refractivity (Wildman–Crippen MR) is 137 cm³/mol. The number of carbonyl (C=O) groups excluding carboxylic acids is 1. The van der Waals surface area contributed by atoms with E-state index in [4.69, 9.17) is 4.98 Å². The van der Waals surface area contributed by atoms with Gasteiger partial charge in [0.25, 0.3) is 0 Å². The highest BCUT2D eigenvalue weighted by atomic mass is 16.2. The molecule has 4 heterocycles. The number of hydrogen-bond donors (Lipinski definition) is 3. The molecule has 9 nitrogen and oxygen atoms in total. The molecule has 1 aromatic carbocycles. The fourth-order valence-corrected chi connectivity index (χ4v) is 4.67. The summed E-state index contributed by atoms with van der Waals surface area (Å²) in [6, 6.07) is 10.5. The predicted octanol–water partition coefficient (Wildman–Crippen LogP) is 3.04. The quantitative estimate of drug-likeness (QED) is 0.487. The van der Waals surface area contributed by atoms with Crippen LogP contribution in [0.4, 0.5) is 23.1 Å². The number of hydrogen-bond acceptors (Lipinski definition) is 7. The first kappa shape index (κ1) is 22.2. The average Bonchev–Trinajstić information content (AvgIpc) is 3.34. The van der Waals surface area contributed by atoms with E-state index in [1.807, 2.05) is 17.2 Å². The molecule has 9 heteroatoms. The van der Waals surface area contributed by atoms with Crippen molar-refractivity contribution in [1.82, 2.24) is 24.8 Å². The van der Waals surface area contributed by atoms with Crippen LogP contribution in [0.5, 0.6) is 0 Å². The van der Waals surface area contributed by atoms with Crippen molar-refractivity contribution in [2.24, 2.45) is 0 Å². The summed E-state index contributed by atoms with van der Waals surface area (Å²) in [7, 11) is 2.17. The third-order valence-corrected chi connectivity index (χ3v) is 6.66. The second-order valence-corrected chi connectivity index (χ2v) is 9.07. The molecule has 34 heavy (non-hydrogen) atoms. The third-order valence-electron chi connectivity index (χ3n) is 6.66. The van der Waals surface area contributed by atoms with E-state index in [9.17, 15) is 4.79 Å². The maximum Gasteiger partial charge on any atom is 0.246 e. The largest absolute Gasteiger partial charge is 0.369 e. The number of aromatic amines is 1. The number of carbonyl (C=O) groups is 1. The number of H-pyrrole nitrogens is 1. The number of likely N-dealkylation sites (N-methyl/N-ethyl adjacent to an activating group) is 1. The Morgan fingerprint density at radius 1 is 1.12 bits per heavy atom. The first-order valence-corrected chi connectivity index (χ1v) is 11.9. The molecule has 2 saturated heterocycles. The fourth-order valence-electron chi connectivity index (χ4n) is 4.67. The Balaban J connectivity index is 1.31. The molecule has 0 unspecified atom stereocenters. The minimum atomic E-state index is -0.0247. The van der Waals surface area contributed by atoms with Crippen molar-refractivity contribution >= 4 is 40.1 Å². The van der Waals surface area contributed by atoms with E-state index in [0.717, 1.165) is 68.1 Å². The maximum atomic E-state index is 12.1. The topological polar surface area (TPSA) is 92.4 Å². The van der Waals surface area contributed by atoms with E-state index < -0.39 is 0 Å². The first-order valence-electron chi connectivity index (χ1n) is 11.9. The van der Waals surface area contributed by atoms with Crippen molar-refractivity contribution in [1.29, 1.82) is 0 Å². The van der Waals surface area contributed by atoms with Gasteiger partial charge < -0.3 is 30.3 Å². The van der Waals surface area contributed by atoms with Gasteiger partial charge in [-0.15, -0.1) is 0 Å². The van der Waals surface area contributed by atoms with Crippen LogP contribution in [0.25, 0.3) is 11.0 Å². The van der Waals surface area contributed by atoms with Gasteiger partial charge in [-0.3, -0.25) is 4.79 Å². The molecule has 0 spiro atoms. The molecule has 3 N–H and O–H groups in total. The van der Waals surface area contributed by atoms with Gasteiger partial charge in [-0.25, -0.2) is 0 Å². The zero-order valence-electron chi connectivity index (χ0n) is 19.6. The number of piperidine rings is 1. The number of anilines is 4. The molecule has 2 fully saturated rings. The highest BCUT2D eigenvalue weighted by Crippen LogP contribution is 2.26. The van der Waals surface area contributed by atoms with Crippen LogP contribution >= 0.6 is 0 Å². The number of nitrogens with zero attached hydrogens (tertiary/aromatic N) is 5. The zero-order chi connectivity index (χ0) is 23.5. The Labute approximate surface area is 199 Å². The molecule has 0 aliphatic carbocycles. The molecule has 2 aliphatic heterocycles. The minimum Gasteiger partial charge on any atom is -0.369 e. The summed E-state index contributed by atoms with van der Waals surface area (Å²) in [5, 5.41) is 7.83. The third kappa shape index (κ3) is 4.84. The SMILES string of the molecule is C=CC(=O)N1CCC[C@@H](Nc2nc(Nc3ccc(N4CCN(C)CC4)cc3)nc3[nH]ccc23)C1. The monoisotopic (exact) mass is 460 g/mol. The average molecular weight is 461 g/mol. The van der Waals surface area contributed by atoms with E-state index in [2.05, 4.69) is 68.3 Å². The van der Waals surface area contributed by atoms with Gasteiger partial charge in [-0.1, -0.05) is 6.58 Å². The molecular weight excluding hydrogens is 428 g/mol. The van der Waals surface area contributed by atoms with Crippen molar-refractivity contribution in [3.05, 3.63) is 49.2 Å². The molecule has 2 aliphatic rings. The van der Waals surface area contributed by atoms with Crippen LogP contribution in [-0.2, 0) is 4.79 Å². The number of piperazine rings is 1. The number of benzene rings is 1. The molecule has 2 aromatic heterocycles. The van der Waals surface area contributed by atoms with Crippen LogP contribution in [0, 0.1) is 0 Å². The smallest absolute Gasteiger partial charge is 0.246 e. The zero-order valence-corrected chi connectivity index (χ0v) is 19.6. The standard InChI is InChI=1S/C25H32N8O/c1-3-22(34)33-12-4-5-19(17-33)27-24-21-10-11-26-23(21)29-25(30-24)28-18-6-8-20(9-7-18)32-15-13-31(2)14-16-32/h3,6-11,19H,1,4-5,12-17H2,2H3,(H3,26,27,28,29,30)/t19-/m1/s1. The van der Waals surface area contributed by atoms with Gasteiger partial charge in [0.2, 0.25) is 11.9 Å². The molecule has 0 radical (unpaired) electrons. The van der Waals surface area contributed by atoms with E-state index >= 15 is 0 Å². The summed E-state index contributed by atoms with van der Waals surface area (Å²) >= 11 is 0. The second kappa shape index (κ2) is 9.72. The lowest BCUT2D eigenvalue weighted by molar-refractivity contribution is -0.127. The summed E-state index contributed by atoms with van der Waals surface area (Å²) in [5.41, 5.74) is 2.94. The lowest BCUT2D eigenvalue weighted by Gasteiger charge is -2.34. The molecule has 1 atom stereocenters. The molecule has 1 amide bonds. The fraction of sp³-hybridized carbons (Fsp3) is 0.400. The first-order chi connectivity index (χ1) is 16.6. The van der Waals surface area contributed by atoms with Crippen LogP contribution in [0.15, 0.2) is 49.2 Å². The number of fused-ring (bicyclic) bond motifs is 1. The van der Waals surface area contributed by atoms with Gasteiger partial charge >= 0.3 is 0 Å². The highest BCUT2D eigenvalue weighted by Gasteiger charge is 2.23. The van der Waals surface area contributed by atoms with Crippen LogP contribution in [0.3, 0.4) is 0 Å². The Kier molecular flexibility index (Phi) is 6.35.